The number of allylic oxidation sites excluding steroid dienone is 1. The van der Waals surface area contributed by atoms with E-state index in [2.05, 4.69) is 15.0 Å². The summed E-state index contributed by atoms with van der Waals surface area (Å²) in [4.78, 5) is 45.5. The third kappa shape index (κ3) is 4.78. The van der Waals surface area contributed by atoms with E-state index < -0.39 is 47.2 Å². The lowest BCUT2D eigenvalue weighted by Gasteiger charge is -2.38. The molecule has 2 unspecified atom stereocenters. The van der Waals surface area contributed by atoms with Gasteiger partial charge in [-0.25, -0.2) is 18.6 Å². The number of anilines is 1. The molecule has 2 aliphatic heterocycles. The molecule has 0 bridgehead atoms. The highest BCUT2D eigenvalue weighted by atomic mass is 32.2. The van der Waals surface area contributed by atoms with Crippen molar-refractivity contribution in [1.82, 2.24) is 14.8 Å². The van der Waals surface area contributed by atoms with E-state index >= 15 is 0 Å². The van der Waals surface area contributed by atoms with Crippen molar-refractivity contribution in [3.63, 3.8) is 0 Å². The lowest BCUT2D eigenvalue weighted by molar-refractivity contribution is -0.133. The number of carbonyl (C=O) groups excluding carboxylic acids is 3. The minimum atomic E-state index is -3.39. The number of benzene rings is 1. The Morgan fingerprint density at radius 2 is 1.89 bits per heavy atom. The number of ether oxygens (including phenoxy) is 1. The van der Waals surface area contributed by atoms with Gasteiger partial charge in [0.1, 0.15) is 0 Å². The molecule has 4 amide bonds. The van der Waals surface area contributed by atoms with Gasteiger partial charge in [-0.1, -0.05) is 6.92 Å². The predicted molar refractivity (Wildman–Crippen MR) is 125 cm³/mol. The van der Waals surface area contributed by atoms with Crippen LogP contribution in [0.15, 0.2) is 28.0 Å². The molecule has 0 radical (unpaired) electrons. The number of hydrogen-bond acceptors (Lipinski definition) is 7. The fourth-order valence-corrected chi connectivity index (χ4v) is 6.30. The molecule has 1 N–H and O–H groups in total. The van der Waals surface area contributed by atoms with E-state index in [0.717, 1.165) is 33.3 Å². The molecule has 4 rings (SSSR count). The first kappa shape index (κ1) is 25.9. The Hall–Kier alpha value is -3.13. The van der Waals surface area contributed by atoms with Crippen LogP contribution in [0.2, 0.25) is 0 Å². The van der Waals surface area contributed by atoms with Gasteiger partial charge in [-0.15, -0.1) is 23.1 Å². The summed E-state index contributed by atoms with van der Waals surface area (Å²) in [5.41, 5.74) is 0.723. The zero-order chi connectivity index (χ0) is 26.3. The second-order valence-corrected chi connectivity index (χ2v) is 10.1. The van der Waals surface area contributed by atoms with Crippen LogP contribution >= 0.6 is 23.1 Å². The van der Waals surface area contributed by atoms with Gasteiger partial charge in [0.2, 0.25) is 11.8 Å². The highest BCUT2D eigenvalue weighted by Crippen LogP contribution is 2.48. The molecule has 1 aromatic carbocycles. The normalized spacial score (nSPS) is 19.9. The quantitative estimate of drug-likeness (QED) is 0.499. The van der Waals surface area contributed by atoms with Crippen LogP contribution in [0.3, 0.4) is 0 Å². The molecule has 1 fully saturated rings. The molecule has 8 nitrogen and oxygen atoms in total. The second kappa shape index (κ2) is 10.1. The first-order valence-electron chi connectivity index (χ1n) is 10.6. The number of hydrogen-bond donors (Lipinski definition) is 1. The number of halogens is 4. The van der Waals surface area contributed by atoms with Crippen LogP contribution < -0.4 is 10.1 Å². The maximum Gasteiger partial charge on any atom is 0.387 e. The average molecular weight is 545 g/mol. The van der Waals surface area contributed by atoms with Crippen molar-refractivity contribution < 1.29 is 36.7 Å². The van der Waals surface area contributed by atoms with Gasteiger partial charge in [0.05, 0.1) is 17.0 Å². The molecule has 0 spiro atoms. The molecular weight excluding hydrogens is 524 g/mol. The third-order valence-electron chi connectivity index (χ3n) is 5.77. The number of amides is 4. The van der Waals surface area contributed by atoms with Gasteiger partial charge in [0.15, 0.2) is 22.5 Å². The molecule has 2 aliphatic rings. The zero-order valence-corrected chi connectivity index (χ0v) is 20.8. The van der Waals surface area contributed by atoms with E-state index in [-0.39, 0.29) is 28.7 Å². The fourth-order valence-electron chi connectivity index (χ4n) is 4.09. The molecule has 0 saturated carbocycles. The van der Waals surface area contributed by atoms with Crippen LogP contribution in [0.1, 0.15) is 19.8 Å². The van der Waals surface area contributed by atoms with Gasteiger partial charge in [-0.3, -0.25) is 14.5 Å². The van der Waals surface area contributed by atoms with Crippen molar-refractivity contribution >= 4 is 46.1 Å². The summed E-state index contributed by atoms with van der Waals surface area (Å²) in [5, 5.41) is 3.78. The van der Waals surface area contributed by atoms with Crippen LogP contribution in [0.4, 0.5) is 27.5 Å². The topological polar surface area (TPSA) is 91.8 Å². The van der Waals surface area contributed by atoms with Gasteiger partial charge in [-0.2, -0.15) is 8.78 Å². The third-order valence-corrected chi connectivity index (χ3v) is 8.20. The molecule has 0 aliphatic carbocycles. The minimum absolute atomic E-state index is 0.0297. The Bertz CT molecular complexity index is 1250. The number of urea groups is 1. The largest absolute Gasteiger partial charge is 0.429 e. The number of rotatable bonds is 7. The van der Waals surface area contributed by atoms with E-state index in [0.29, 0.717) is 12.0 Å². The number of nitrogens with zero attached hydrogens (tertiary/aromatic N) is 3. The summed E-state index contributed by atoms with van der Waals surface area (Å²) in [6, 6.07) is 1.20. The van der Waals surface area contributed by atoms with Crippen molar-refractivity contribution in [2.45, 2.75) is 31.8 Å². The van der Waals surface area contributed by atoms with Crippen molar-refractivity contribution in [3.8, 4) is 17.0 Å². The summed E-state index contributed by atoms with van der Waals surface area (Å²) < 4.78 is 56.7. The highest BCUT2D eigenvalue weighted by Gasteiger charge is 2.50. The van der Waals surface area contributed by atoms with Crippen molar-refractivity contribution in [1.29, 1.82) is 0 Å². The van der Waals surface area contributed by atoms with Gasteiger partial charge in [0, 0.05) is 31.5 Å². The monoisotopic (exact) mass is 544 g/mol. The number of carbonyl (C=O) groups is 3. The number of nitrogens with one attached hydrogen (secondary N) is 1. The lowest BCUT2D eigenvalue weighted by atomic mass is 9.91. The highest BCUT2D eigenvalue weighted by molar-refractivity contribution is 8.04. The molecule has 2 aromatic rings. The Morgan fingerprint density at radius 1 is 1.22 bits per heavy atom. The van der Waals surface area contributed by atoms with Crippen molar-refractivity contribution in [3.05, 3.63) is 39.6 Å². The average Bonchev–Trinajstić information content (AvgIpc) is 3.43. The standard InChI is InChI=1S/C22H20F4N4O4S2/c1-4-14-10(16-18(32)29(2)22(33)30(3)19(16)36-14)7-15(31)28-21-27-13(8-35-21)9-5-11(23)17(12(24)6-9)34-20(25)26/h5-6,8,16,19-20H,4,7H2,1-3H3,(H,27,28,31). The lowest BCUT2D eigenvalue weighted by Crippen LogP contribution is -2.57. The Labute approximate surface area is 211 Å². The van der Waals surface area contributed by atoms with E-state index in [1.807, 2.05) is 6.92 Å². The SMILES string of the molecule is CCC1=C(CC(=O)Nc2nc(-c3cc(F)c(OC(F)F)c(F)c3)cs2)C2C(=O)N(C)C(=O)N(C)C2S1. The van der Waals surface area contributed by atoms with E-state index in [1.54, 1.807) is 7.05 Å². The molecule has 192 valence electrons. The number of imide groups is 1. The maximum absolute atomic E-state index is 14.1. The number of fused-ring (bicyclic) bond motifs is 1. The summed E-state index contributed by atoms with van der Waals surface area (Å²) in [6.45, 7) is -1.49. The minimum Gasteiger partial charge on any atom is -0.429 e. The van der Waals surface area contributed by atoms with Crippen LogP contribution in [0, 0.1) is 17.6 Å². The number of aromatic nitrogens is 1. The van der Waals surface area contributed by atoms with Crippen molar-refractivity contribution in [2.24, 2.45) is 5.92 Å². The Morgan fingerprint density at radius 3 is 2.50 bits per heavy atom. The summed E-state index contributed by atoms with van der Waals surface area (Å²) >= 11 is 2.39. The first-order chi connectivity index (χ1) is 17.0. The predicted octanol–water partition coefficient (Wildman–Crippen LogP) is 4.90. The Balaban J connectivity index is 1.49. The second-order valence-electron chi connectivity index (χ2n) is 7.99. The molecular formula is C22H20F4N4O4S2. The molecule has 3 heterocycles. The van der Waals surface area contributed by atoms with Crippen LogP contribution in [0.5, 0.6) is 5.75 Å². The maximum atomic E-state index is 14.1. The van der Waals surface area contributed by atoms with Crippen molar-refractivity contribution in [2.75, 3.05) is 19.4 Å². The van der Waals surface area contributed by atoms with Gasteiger partial charge in [0.25, 0.3) is 0 Å². The summed E-state index contributed by atoms with van der Waals surface area (Å²) in [6.07, 6.45) is 0.486. The summed E-state index contributed by atoms with van der Waals surface area (Å²) in [7, 11) is 3.01. The van der Waals surface area contributed by atoms with Crippen LogP contribution in [-0.4, -0.2) is 58.7 Å². The van der Waals surface area contributed by atoms with Crippen LogP contribution in [-0.2, 0) is 9.59 Å². The van der Waals surface area contributed by atoms with Gasteiger partial charge < -0.3 is 15.0 Å². The van der Waals surface area contributed by atoms with E-state index in [1.165, 1.54) is 29.1 Å². The number of thioether (sulfide) groups is 1. The van der Waals surface area contributed by atoms with Gasteiger partial charge >= 0.3 is 12.6 Å². The molecule has 14 heteroatoms. The zero-order valence-electron chi connectivity index (χ0n) is 19.2. The Kier molecular flexibility index (Phi) is 7.27. The molecule has 1 aromatic heterocycles. The summed E-state index contributed by atoms with van der Waals surface area (Å²) in [5.74, 6) is -5.30. The smallest absolute Gasteiger partial charge is 0.387 e. The van der Waals surface area contributed by atoms with Gasteiger partial charge in [-0.05, 0) is 29.0 Å². The molecule has 36 heavy (non-hydrogen) atoms. The fraction of sp³-hybridized carbons (Fsp3) is 0.364. The molecule has 2 atom stereocenters. The number of alkyl halides is 2. The first-order valence-corrected chi connectivity index (χ1v) is 12.4. The number of thiazole rings is 1. The van der Waals surface area contributed by atoms with E-state index in [9.17, 15) is 31.9 Å². The molecule has 1 saturated heterocycles. The van der Waals surface area contributed by atoms with E-state index in [4.69, 9.17) is 0 Å². The van der Waals surface area contributed by atoms with Crippen LogP contribution in [0.25, 0.3) is 11.3 Å².